The fourth-order valence-corrected chi connectivity index (χ4v) is 3.43. The van der Waals surface area contributed by atoms with E-state index in [1.54, 1.807) is 36.4 Å². The van der Waals surface area contributed by atoms with E-state index in [-0.39, 0.29) is 41.3 Å². The summed E-state index contributed by atoms with van der Waals surface area (Å²) in [6, 6.07) is 10.3. The molecule has 0 bridgehead atoms. The smallest absolute Gasteiger partial charge is 0.350 e. The van der Waals surface area contributed by atoms with Crippen LogP contribution in [0.25, 0.3) is 5.95 Å². The molecule has 0 saturated heterocycles. The van der Waals surface area contributed by atoms with Crippen LogP contribution >= 0.6 is 0 Å². The van der Waals surface area contributed by atoms with Crippen molar-refractivity contribution in [2.75, 3.05) is 19.0 Å². The van der Waals surface area contributed by atoms with Gasteiger partial charge in [-0.3, -0.25) is 10.4 Å². The van der Waals surface area contributed by atoms with Gasteiger partial charge < -0.3 is 20.5 Å². The van der Waals surface area contributed by atoms with Crippen LogP contribution in [0, 0.1) is 11.2 Å². The molecule has 4 rings (SSSR count). The average Bonchev–Trinajstić information content (AvgIpc) is 3.28. The van der Waals surface area contributed by atoms with Gasteiger partial charge in [0.15, 0.2) is 23.1 Å². The molecule has 0 aliphatic rings. The van der Waals surface area contributed by atoms with E-state index in [2.05, 4.69) is 31.9 Å². The lowest BCUT2D eigenvalue weighted by Gasteiger charge is -2.21. The average molecular weight is 490 g/mol. The minimum atomic E-state index is -0.970. The van der Waals surface area contributed by atoms with E-state index in [0.717, 1.165) is 4.68 Å². The minimum absolute atomic E-state index is 0.0537. The first-order valence-electron chi connectivity index (χ1n) is 10.7. The Morgan fingerprint density at radius 3 is 2.64 bits per heavy atom. The minimum Gasteiger partial charge on any atom is -0.493 e. The van der Waals surface area contributed by atoms with Crippen LogP contribution in [-0.4, -0.2) is 44.3 Å². The van der Waals surface area contributed by atoms with Crippen LogP contribution in [0.1, 0.15) is 23.0 Å². The number of rotatable bonds is 10. The Labute approximate surface area is 204 Å². The molecule has 0 aliphatic carbocycles. The molecule has 5 N–H and O–H groups in total. The van der Waals surface area contributed by atoms with Gasteiger partial charge in [0.25, 0.3) is 5.95 Å². The van der Waals surface area contributed by atoms with Gasteiger partial charge in [0, 0.05) is 29.2 Å². The number of hydrogen-bond acceptors (Lipinski definition) is 8. The summed E-state index contributed by atoms with van der Waals surface area (Å²) in [7, 11) is 1.40. The van der Waals surface area contributed by atoms with E-state index in [1.807, 2.05) is 0 Å². The summed E-state index contributed by atoms with van der Waals surface area (Å²) >= 11 is 0. The van der Waals surface area contributed by atoms with Crippen LogP contribution in [0.5, 0.6) is 11.5 Å². The second-order valence-corrected chi connectivity index (χ2v) is 7.44. The fraction of sp³-hybridized carbons (Fsp3) is 0.125. The molecule has 2 aromatic carbocycles. The molecule has 1 atom stereocenters. The fourth-order valence-electron chi connectivity index (χ4n) is 3.43. The number of aromatic nitrogens is 5. The van der Waals surface area contributed by atoms with Gasteiger partial charge in [0.05, 0.1) is 7.11 Å². The zero-order valence-electron chi connectivity index (χ0n) is 19.2. The van der Waals surface area contributed by atoms with E-state index >= 15 is 4.39 Å². The molecule has 36 heavy (non-hydrogen) atoms. The number of amidine groups is 1. The van der Waals surface area contributed by atoms with Crippen LogP contribution in [0.3, 0.4) is 0 Å². The van der Waals surface area contributed by atoms with Gasteiger partial charge in [0.1, 0.15) is 18.5 Å². The molecule has 12 heteroatoms. The van der Waals surface area contributed by atoms with Gasteiger partial charge in [0.2, 0.25) is 0 Å². The van der Waals surface area contributed by atoms with Crippen LogP contribution in [0.4, 0.5) is 10.1 Å². The number of H-pyrrole nitrogens is 1. The number of anilines is 1. The Hall–Kier alpha value is -5.00. The van der Waals surface area contributed by atoms with Crippen LogP contribution < -0.4 is 26.2 Å². The maximum absolute atomic E-state index is 15.8. The number of nitrogens with two attached hydrogens (primary N) is 1. The van der Waals surface area contributed by atoms with Crippen molar-refractivity contribution in [2.45, 2.75) is 6.04 Å². The highest BCUT2D eigenvalue weighted by Gasteiger charge is 2.27. The molecular weight excluding hydrogens is 467 g/mol. The molecule has 2 aromatic heterocycles. The largest absolute Gasteiger partial charge is 0.493 e. The maximum atomic E-state index is 15.8. The number of hydrogen-bond donors (Lipinski definition) is 4. The second-order valence-electron chi connectivity index (χ2n) is 7.44. The first-order chi connectivity index (χ1) is 17.4. The number of aromatic amines is 1. The predicted octanol–water partition coefficient (Wildman–Crippen LogP) is 2.55. The molecule has 11 nitrogen and oxygen atoms in total. The zero-order chi connectivity index (χ0) is 25.7. The Bertz CT molecular complexity index is 1430. The Morgan fingerprint density at radius 2 is 2.00 bits per heavy atom. The molecular formula is C24H23FN8O3. The summed E-state index contributed by atoms with van der Waals surface area (Å²) in [5.41, 5.74) is 6.14. The van der Waals surface area contributed by atoms with Crippen molar-refractivity contribution in [2.24, 2.45) is 5.73 Å². The van der Waals surface area contributed by atoms with E-state index < -0.39 is 17.5 Å². The molecule has 0 spiro atoms. The molecule has 1 unspecified atom stereocenters. The molecule has 0 saturated carbocycles. The predicted molar refractivity (Wildman–Crippen MR) is 131 cm³/mol. The number of nitrogens with one attached hydrogen (secondary N) is 3. The van der Waals surface area contributed by atoms with Gasteiger partial charge in [-0.2, -0.15) is 0 Å². The lowest BCUT2D eigenvalue weighted by molar-refractivity contribution is 0.307. The number of nitrogen functional groups attached to an aromatic ring is 1. The van der Waals surface area contributed by atoms with E-state index in [4.69, 9.17) is 20.6 Å². The first-order valence-corrected chi connectivity index (χ1v) is 10.7. The van der Waals surface area contributed by atoms with Crippen molar-refractivity contribution in [3.05, 3.63) is 101 Å². The number of nitrogens with zero attached hydrogens (tertiary/aromatic N) is 4. The first kappa shape index (κ1) is 24.1. The highest BCUT2D eigenvalue weighted by Crippen LogP contribution is 2.37. The molecule has 4 aromatic rings. The van der Waals surface area contributed by atoms with Gasteiger partial charge in [-0.15, -0.1) is 9.78 Å². The van der Waals surface area contributed by atoms with E-state index in [9.17, 15) is 4.79 Å². The quantitative estimate of drug-likeness (QED) is 0.150. The summed E-state index contributed by atoms with van der Waals surface area (Å²) in [6.07, 6.45) is 4.43. The van der Waals surface area contributed by atoms with E-state index in [1.165, 1.54) is 31.6 Å². The molecule has 2 heterocycles. The number of methoxy groups -OCH3 is 1. The van der Waals surface area contributed by atoms with Crippen LogP contribution in [0.2, 0.25) is 0 Å². The highest BCUT2D eigenvalue weighted by molar-refractivity contribution is 5.95. The normalized spacial score (nSPS) is 11.5. The van der Waals surface area contributed by atoms with Crippen LogP contribution in [-0.2, 0) is 0 Å². The summed E-state index contributed by atoms with van der Waals surface area (Å²) < 4.78 is 27.6. The summed E-state index contributed by atoms with van der Waals surface area (Å²) in [5, 5.41) is 15.1. The van der Waals surface area contributed by atoms with Crippen molar-refractivity contribution in [3.8, 4) is 17.4 Å². The van der Waals surface area contributed by atoms with Gasteiger partial charge in [-0.05, 0) is 42.5 Å². The highest BCUT2D eigenvalue weighted by atomic mass is 19.1. The SMILES string of the molecule is C=CCOc1c(OC)ccc(C(Nc2ccc(C(=N)N)cc2)c2nn(-c3ncccn3)c(=O)[nH]2)c1F. The maximum Gasteiger partial charge on any atom is 0.350 e. The van der Waals surface area contributed by atoms with Crippen molar-refractivity contribution < 1.29 is 13.9 Å². The number of benzene rings is 2. The molecule has 0 fully saturated rings. The third-order valence-corrected chi connectivity index (χ3v) is 5.12. The van der Waals surface area contributed by atoms with Gasteiger partial charge >= 0.3 is 5.69 Å². The topological polar surface area (TPSA) is 157 Å². The zero-order valence-corrected chi connectivity index (χ0v) is 19.2. The second kappa shape index (κ2) is 10.5. The molecule has 0 aliphatic heterocycles. The summed E-state index contributed by atoms with van der Waals surface area (Å²) in [6.45, 7) is 3.65. The molecule has 0 radical (unpaired) electrons. The van der Waals surface area contributed by atoms with E-state index in [0.29, 0.717) is 11.3 Å². The monoisotopic (exact) mass is 490 g/mol. The molecule has 184 valence electrons. The Balaban J connectivity index is 1.83. The van der Waals surface area contributed by atoms with Crippen LogP contribution in [0.15, 0.2) is 72.3 Å². The van der Waals surface area contributed by atoms with Crippen molar-refractivity contribution in [1.82, 2.24) is 24.7 Å². The number of halogens is 1. The Kier molecular flexibility index (Phi) is 7.04. The van der Waals surface area contributed by atoms with Crippen molar-refractivity contribution >= 4 is 11.5 Å². The van der Waals surface area contributed by atoms with Crippen molar-refractivity contribution in [3.63, 3.8) is 0 Å². The number of ether oxygens (including phenoxy) is 2. The Morgan fingerprint density at radius 1 is 1.28 bits per heavy atom. The third kappa shape index (κ3) is 4.92. The van der Waals surface area contributed by atoms with Gasteiger partial charge in [-0.1, -0.05) is 12.7 Å². The van der Waals surface area contributed by atoms with Gasteiger partial charge in [-0.25, -0.2) is 19.2 Å². The summed E-state index contributed by atoms with van der Waals surface area (Å²) in [4.78, 5) is 23.4. The molecule has 0 amide bonds. The van der Waals surface area contributed by atoms with Crippen molar-refractivity contribution in [1.29, 1.82) is 5.41 Å². The summed E-state index contributed by atoms with van der Waals surface area (Å²) in [5.74, 6) is -0.558. The third-order valence-electron chi connectivity index (χ3n) is 5.12. The lowest BCUT2D eigenvalue weighted by atomic mass is 10.0. The standard InChI is InChI=1S/C24H23FN8O3/c1-3-13-36-20-17(35-2)10-9-16(18(20)25)19(30-15-7-5-14(6-8-15)21(26)27)22-31-24(34)33(32-22)23-28-11-4-12-29-23/h3-12,19,30H,1,13H2,2H3,(H3,26,27)(H,31,32,34). The lowest BCUT2D eigenvalue weighted by Crippen LogP contribution is -2.18.